The summed E-state index contributed by atoms with van der Waals surface area (Å²) >= 11 is 0. The molecule has 0 unspecified atom stereocenters. The number of carbonyl (C=O) groups excluding carboxylic acids is 2. The Labute approximate surface area is 238 Å². The van der Waals surface area contributed by atoms with Crippen LogP contribution in [0.5, 0.6) is 5.75 Å². The first-order valence-electron chi connectivity index (χ1n) is 13.5. The van der Waals surface area contributed by atoms with Gasteiger partial charge in [-0.05, 0) is 55.7 Å². The lowest BCUT2D eigenvalue weighted by atomic mass is 10.0. The summed E-state index contributed by atoms with van der Waals surface area (Å²) in [5, 5.41) is 2.94. The SMILES string of the molecule is CCCNC(=O)[C@@H](Cc1ccccc1)N(Cc1cccc(C)c1)C(=O)CN(c1ccc(OCC)cc1)S(C)(=O)=O. The lowest BCUT2D eigenvalue weighted by molar-refractivity contribution is -0.140. The van der Waals surface area contributed by atoms with Gasteiger partial charge in [0.2, 0.25) is 21.8 Å². The lowest BCUT2D eigenvalue weighted by Crippen LogP contribution is -2.53. The van der Waals surface area contributed by atoms with Crippen LogP contribution in [-0.4, -0.2) is 57.1 Å². The van der Waals surface area contributed by atoms with E-state index in [1.807, 2.05) is 75.4 Å². The summed E-state index contributed by atoms with van der Waals surface area (Å²) < 4.78 is 32.3. The van der Waals surface area contributed by atoms with Gasteiger partial charge in [-0.2, -0.15) is 0 Å². The molecule has 2 amide bonds. The molecule has 40 heavy (non-hydrogen) atoms. The smallest absolute Gasteiger partial charge is 0.244 e. The zero-order chi connectivity index (χ0) is 29.1. The fraction of sp³-hybridized carbons (Fsp3) is 0.355. The minimum absolute atomic E-state index is 0.151. The molecule has 0 aliphatic carbocycles. The molecular formula is C31H39N3O5S. The summed E-state index contributed by atoms with van der Waals surface area (Å²) in [6, 6.07) is 22.9. The highest BCUT2D eigenvalue weighted by atomic mass is 32.2. The van der Waals surface area contributed by atoms with Gasteiger partial charge in [0.25, 0.3) is 0 Å². The van der Waals surface area contributed by atoms with Crippen LogP contribution in [0.2, 0.25) is 0 Å². The Bertz CT molecular complexity index is 1360. The quantitative estimate of drug-likeness (QED) is 0.314. The van der Waals surface area contributed by atoms with Crippen molar-refractivity contribution in [2.75, 3.05) is 30.3 Å². The Morgan fingerprint density at radius 2 is 1.60 bits per heavy atom. The van der Waals surface area contributed by atoms with E-state index in [9.17, 15) is 18.0 Å². The van der Waals surface area contributed by atoms with Crippen molar-refractivity contribution in [3.63, 3.8) is 0 Å². The van der Waals surface area contributed by atoms with Crippen molar-refractivity contribution in [2.45, 2.75) is 46.2 Å². The third-order valence-electron chi connectivity index (χ3n) is 6.37. The number of ether oxygens (including phenoxy) is 1. The van der Waals surface area contributed by atoms with Gasteiger partial charge in [0.05, 0.1) is 18.6 Å². The largest absolute Gasteiger partial charge is 0.494 e. The molecule has 0 bridgehead atoms. The number of benzene rings is 3. The highest BCUT2D eigenvalue weighted by molar-refractivity contribution is 7.92. The molecule has 0 spiro atoms. The van der Waals surface area contributed by atoms with Crippen molar-refractivity contribution in [1.29, 1.82) is 0 Å². The average Bonchev–Trinajstić information content (AvgIpc) is 2.93. The van der Waals surface area contributed by atoms with Crippen molar-refractivity contribution < 1.29 is 22.7 Å². The van der Waals surface area contributed by atoms with Crippen LogP contribution in [0.25, 0.3) is 0 Å². The number of hydrogen-bond acceptors (Lipinski definition) is 5. The van der Waals surface area contributed by atoms with E-state index in [2.05, 4.69) is 5.32 Å². The summed E-state index contributed by atoms with van der Waals surface area (Å²) in [5.41, 5.74) is 3.10. The number of amides is 2. The Balaban J connectivity index is 2.02. The molecule has 0 radical (unpaired) electrons. The maximum absolute atomic E-state index is 14.1. The number of carbonyl (C=O) groups is 2. The van der Waals surface area contributed by atoms with Crippen LogP contribution in [0.15, 0.2) is 78.9 Å². The molecule has 0 aromatic heterocycles. The van der Waals surface area contributed by atoms with Crippen LogP contribution < -0.4 is 14.4 Å². The molecule has 1 N–H and O–H groups in total. The molecular weight excluding hydrogens is 526 g/mol. The predicted molar refractivity (Wildman–Crippen MR) is 159 cm³/mol. The number of rotatable bonds is 14. The van der Waals surface area contributed by atoms with Crippen LogP contribution in [0.1, 0.15) is 37.0 Å². The van der Waals surface area contributed by atoms with Crippen LogP contribution in [0, 0.1) is 6.92 Å². The molecule has 0 heterocycles. The Kier molecular flexibility index (Phi) is 11.1. The molecule has 1 atom stereocenters. The van der Waals surface area contributed by atoms with Crippen LogP contribution in [-0.2, 0) is 32.6 Å². The third kappa shape index (κ3) is 8.84. The standard InChI is InChI=1S/C31H39N3O5S/c1-5-19-32-31(36)29(21-25-12-8-7-9-13-25)33(22-26-14-10-11-24(3)20-26)30(35)23-34(40(4,37)38)27-15-17-28(18-16-27)39-6-2/h7-18,20,29H,5-6,19,21-23H2,1-4H3,(H,32,36)/t29-/m1/s1. The van der Waals surface area contributed by atoms with Crippen molar-refractivity contribution >= 4 is 27.5 Å². The maximum Gasteiger partial charge on any atom is 0.244 e. The van der Waals surface area contributed by atoms with E-state index in [-0.39, 0.29) is 18.9 Å². The number of hydrogen-bond donors (Lipinski definition) is 1. The minimum atomic E-state index is -3.83. The van der Waals surface area contributed by atoms with Gasteiger partial charge in [-0.1, -0.05) is 67.1 Å². The molecule has 214 valence electrons. The molecule has 0 saturated carbocycles. The second kappa shape index (κ2) is 14.5. The topological polar surface area (TPSA) is 96.0 Å². The van der Waals surface area contributed by atoms with E-state index >= 15 is 0 Å². The van der Waals surface area contributed by atoms with Gasteiger partial charge in [0.15, 0.2) is 0 Å². The van der Waals surface area contributed by atoms with Gasteiger partial charge in [0, 0.05) is 19.5 Å². The van der Waals surface area contributed by atoms with E-state index < -0.39 is 28.5 Å². The van der Waals surface area contributed by atoms with E-state index in [0.717, 1.165) is 33.7 Å². The highest BCUT2D eigenvalue weighted by Crippen LogP contribution is 2.23. The Morgan fingerprint density at radius 3 is 2.20 bits per heavy atom. The van der Waals surface area contributed by atoms with Gasteiger partial charge in [-0.25, -0.2) is 8.42 Å². The first-order chi connectivity index (χ1) is 19.1. The molecule has 0 saturated heterocycles. The first kappa shape index (κ1) is 30.7. The predicted octanol–water partition coefficient (Wildman–Crippen LogP) is 4.33. The fourth-order valence-electron chi connectivity index (χ4n) is 4.42. The number of anilines is 1. The van der Waals surface area contributed by atoms with Crippen molar-refractivity contribution in [1.82, 2.24) is 10.2 Å². The molecule has 0 fully saturated rings. The van der Waals surface area contributed by atoms with Gasteiger partial charge in [0.1, 0.15) is 18.3 Å². The molecule has 8 nitrogen and oxygen atoms in total. The number of nitrogens with zero attached hydrogens (tertiary/aromatic N) is 2. The van der Waals surface area contributed by atoms with Crippen LogP contribution in [0.3, 0.4) is 0 Å². The van der Waals surface area contributed by atoms with Crippen molar-refractivity contribution in [3.05, 3.63) is 95.6 Å². The average molecular weight is 566 g/mol. The lowest BCUT2D eigenvalue weighted by Gasteiger charge is -2.33. The maximum atomic E-state index is 14.1. The molecule has 9 heteroatoms. The zero-order valence-corrected chi connectivity index (χ0v) is 24.5. The van der Waals surface area contributed by atoms with E-state index in [1.165, 1.54) is 4.90 Å². The minimum Gasteiger partial charge on any atom is -0.494 e. The van der Waals surface area contributed by atoms with E-state index in [4.69, 9.17) is 4.74 Å². The van der Waals surface area contributed by atoms with Gasteiger partial charge in [-0.3, -0.25) is 13.9 Å². The van der Waals surface area contributed by atoms with Crippen molar-refractivity contribution in [2.24, 2.45) is 0 Å². The summed E-state index contributed by atoms with van der Waals surface area (Å²) in [5.74, 6) is -0.158. The second-order valence-corrected chi connectivity index (χ2v) is 11.6. The van der Waals surface area contributed by atoms with Crippen molar-refractivity contribution in [3.8, 4) is 5.75 Å². The summed E-state index contributed by atoms with van der Waals surface area (Å²) in [4.78, 5) is 29.1. The van der Waals surface area contributed by atoms with Gasteiger partial charge >= 0.3 is 0 Å². The molecule has 3 aromatic carbocycles. The zero-order valence-electron chi connectivity index (χ0n) is 23.7. The van der Waals surface area contributed by atoms with Gasteiger partial charge in [-0.15, -0.1) is 0 Å². The monoisotopic (exact) mass is 565 g/mol. The summed E-state index contributed by atoms with van der Waals surface area (Å²) in [6.07, 6.45) is 2.10. The molecule has 0 aliphatic rings. The third-order valence-corrected chi connectivity index (χ3v) is 7.51. The number of nitrogens with one attached hydrogen (secondary N) is 1. The van der Waals surface area contributed by atoms with Crippen LogP contribution in [0.4, 0.5) is 5.69 Å². The fourth-order valence-corrected chi connectivity index (χ4v) is 5.27. The Morgan fingerprint density at radius 1 is 0.925 bits per heavy atom. The first-order valence-corrected chi connectivity index (χ1v) is 15.3. The second-order valence-electron chi connectivity index (χ2n) is 9.70. The van der Waals surface area contributed by atoms with Crippen LogP contribution >= 0.6 is 0 Å². The molecule has 3 rings (SSSR count). The normalized spacial score (nSPS) is 11.9. The van der Waals surface area contributed by atoms with E-state index in [0.29, 0.717) is 24.6 Å². The molecule has 0 aliphatic heterocycles. The molecule has 3 aromatic rings. The van der Waals surface area contributed by atoms with E-state index in [1.54, 1.807) is 24.3 Å². The summed E-state index contributed by atoms with van der Waals surface area (Å²) in [6.45, 7) is 6.43. The number of sulfonamides is 1. The Hall–Kier alpha value is -3.85. The number of aryl methyl sites for hydroxylation is 1. The summed E-state index contributed by atoms with van der Waals surface area (Å²) in [7, 11) is -3.83. The van der Waals surface area contributed by atoms with Gasteiger partial charge < -0.3 is 15.0 Å². The highest BCUT2D eigenvalue weighted by Gasteiger charge is 2.33.